The van der Waals surface area contributed by atoms with Crippen LogP contribution in [0.25, 0.3) is 0 Å². The molecule has 28 heavy (non-hydrogen) atoms. The third-order valence-electron chi connectivity index (χ3n) is 10.1. The topological polar surface area (TPSA) is 40.5 Å². The Morgan fingerprint density at radius 3 is 2.18 bits per heavy atom. The molecule has 5 unspecified atom stereocenters. The Balaban J connectivity index is 0.00000109. The number of hydrogen-bond donors (Lipinski definition) is 2. The van der Waals surface area contributed by atoms with Crippen LogP contribution in [0, 0.1) is 46.3 Å². The predicted molar refractivity (Wildman–Crippen MR) is 118 cm³/mol. The van der Waals surface area contributed by atoms with Crippen LogP contribution in [0.1, 0.15) is 106 Å². The van der Waals surface area contributed by atoms with E-state index in [0.29, 0.717) is 16.7 Å². The molecule has 0 aromatic rings. The summed E-state index contributed by atoms with van der Waals surface area (Å²) in [6.07, 6.45) is 12.5. The van der Waals surface area contributed by atoms with Crippen molar-refractivity contribution in [3.8, 4) is 0 Å². The van der Waals surface area contributed by atoms with Gasteiger partial charge in [-0.3, -0.25) is 0 Å². The minimum Gasteiger partial charge on any atom is -0.393 e. The smallest absolute Gasteiger partial charge is 0.0566 e. The molecule has 4 saturated carbocycles. The zero-order chi connectivity index (χ0) is 20.7. The summed E-state index contributed by atoms with van der Waals surface area (Å²) in [6, 6.07) is 0. The van der Waals surface area contributed by atoms with Crippen molar-refractivity contribution in [3.63, 3.8) is 0 Å². The highest BCUT2D eigenvalue weighted by Gasteiger charge is 2.60. The quantitative estimate of drug-likeness (QED) is 0.580. The van der Waals surface area contributed by atoms with Crippen molar-refractivity contribution in [2.75, 3.05) is 0 Å². The lowest BCUT2D eigenvalue weighted by atomic mass is 9.44. The average molecular weight is 393 g/mol. The van der Waals surface area contributed by atoms with Gasteiger partial charge in [-0.15, -0.1) is 0 Å². The van der Waals surface area contributed by atoms with Crippen LogP contribution in [0.5, 0.6) is 0 Å². The van der Waals surface area contributed by atoms with Crippen molar-refractivity contribution < 1.29 is 10.2 Å². The molecule has 4 fully saturated rings. The first-order valence-electron chi connectivity index (χ1n) is 12.6. The summed E-state index contributed by atoms with van der Waals surface area (Å²) in [5.74, 6) is 4.56. The van der Waals surface area contributed by atoms with Crippen molar-refractivity contribution in [2.45, 2.75) is 118 Å². The molecule has 2 heteroatoms. The molecule has 0 spiro atoms. The van der Waals surface area contributed by atoms with Crippen LogP contribution < -0.4 is 0 Å². The minimum atomic E-state index is -0.124. The van der Waals surface area contributed by atoms with E-state index in [-0.39, 0.29) is 12.2 Å². The summed E-state index contributed by atoms with van der Waals surface area (Å²) < 4.78 is 0. The van der Waals surface area contributed by atoms with Crippen LogP contribution in [-0.2, 0) is 0 Å². The molecule has 0 aromatic heterocycles. The maximum atomic E-state index is 10.5. The largest absolute Gasteiger partial charge is 0.393 e. The van der Waals surface area contributed by atoms with E-state index in [1.165, 1.54) is 44.9 Å². The number of rotatable bonds is 3. The van der Waals surface area contributed by atoms with Crippen LogP contribution in [0.3, 0.4) is 0 Å². The monoisotopic (exact) mass is 392 g/mol. The first kappa shape index (κ1) is 22.6. The zero-order valence-electron chi connectivity index (χ0n) is 19.6. The fraction of sp³-hybridized carbons (Fsp3) is 1.00. The Kier molecular flexibility index (Phi) is 6.92. The second-order valence-corrected chi connectivity index (χ2v) is 11.5. The molecule has 9 atom stereocenters. The molecule has 0 aliphatic heterocycles. The molecule has 164 valence electrons. The van der Waals surface area contributed by atoms with E-state index < -0.39 is 0 Å². The standard InChI is InChI=1S/C24H42O2.C2H6/c1-15(2)22(26)14-17-6-8-20-19-7-5-16-13-18(25)9-11-23(16,3)21(19)10-12-24(17,20)4;1-2/h15-22,25-26H,5-14H2,1-4H3;1-2H3/t16?,17-,18+,19+,20?,21?,22?,23?,24-;/m1./s1. The Labute approximate surface area is 174 Å². The third-order valence-corrected chi connectivity index (χ3v) is 10.1. The van der Waals surface area contributed by atoms with Gasteiger partial charge in [-0.1, -0.05) is 41.5 Å². The van der Waals surface area contributed by atoms with Gasteiger partial charge in [0.25, 0.3) is 0 Å². The molecule has 4 aliphatic carbocycles. The molecular weight excluding hydrogens is 344 g/mol. The van der Waals surface area contributed by atoms with E-state index in [1.54, 1.807) is 0 Å². The van der Waals surface area contributed by atoms with E-state index >= 15 is 0 Å². The van der Waals surface area contributed by atoms with E-state index in [2.05, 4.69) is 27.7 Å². The third kappa shape index (κ3) is 3.70. The maximum absolute atomic E-state index is 10.5. The summed E-state index contributed by atoms with van der Waals surface area (Å²) in [5.41, 5.74) is 0.952. The predicted octanol–water partition coefficient (Wildman–Crippen LogP) is 6.44. The van der Waals surface area contributed by atoms with Gasteiger partial charge in [-0.05, 0) is 111 Å². The Hall–Kier alpha value is -0.0800. The Morgan fingerprint density at radius 2 is 1.50 bits per heavy atom. The molecule has 4 aliphatic rings. The fourth-order valence-electron chi connectivity index (χ4n) is 8.30. The van der Waals surface area contributed by atoms with Crippen molar-refractivity contribution in [1.29, 1.82) is 0 Å². The first-order chi connectivity index (χ1) is 13.3. The van der Waals surface area contributed by atoms with Gasteiger partial charge < -0.3 is 10.2 Å². The second kappa shape index (κ2) is 8.58. The van der Waals surface area contributed by atoms with Gasteiger partial charge in [0.05, 0.1) is 12.2 Å². The van der Waals surface area contributed by atoms with Crippen molar-refractivity contribution >= 4 is 0 Å². The van der Waals surface area contributed by atoms with Gasteiger partial charge in [0.15, 0.2) is 0 Å². The zero-order valence-corrected chi connectivity index (χ0v) is 19.6. The first-order valence-corrected chi connectivity index (χ1v) is 12.6. The highest BCUT2D eigenvalue weighted by molar-refractivity contribution is 5.09. The van der Waals surface area contributed by atoms with Gasteiger partial charge in [0.1, 0.15) is 0 Å². The highest BCUT2D eigenvalue weighted by atomic mass is 16.3. The molecule has 0 heterocycles. The summed E-state index contributed by atoms with van der Waals surface area (Å²) in [7, 11) is 0. The van der Waals surface area contributed by atoms with Crippen LogP contribution in [0.4, 0.5) is 0 Å². The number of fused-ring (bicyclic) bond motifs is 5. The van der Waals surface area contributed by atoms with E-state index in [1.807, 2.05) is 13.8 Å². The summed E-state index contributed by atoms with van der Waals surface area (Å²) in [5, 5.41) is 20.7. The second-order valence-electron chi connectivity index (χ2n) is 11.5. The maximum Gasteiger partial charge on any atom is 0.0566 e. The lowest BCUT2D eigenvalue weighted by Crippen LogP contribution is -2.54. The Bertz CT molecular complexity index is 517. The average Bonchev–Trinajstić information content (AvgIpc) is 3.00. The molecular formula is C26H48O2. The van der Waals surface area contributed by atoms with Gasteiger partial charge in [0, 0.05) is 0 Å². The van der Waals surface area contributed by atoms with Crippen LogP contribution in [-0.4, -0.2) is 22.4 Å². The molecule has 2 N–H and O–H groups in total. The Morgan fingerprint density at radius 1 is 0.857 bits per heavy atom. The van der Waals surface area contributed by atoms with Gasteiger partial charge in [-0.25, -0.2) is 0 Å². The summed E-state index contributed by atoms with van der Waals surface area (Å²) in [4.78, 5) is 0. The SMILES string of the molecule is CC.CC(C)C(O)C[C@H]1CCC2[C@@H]3CCC4C[C@@H](O)CCC4(C)C3CC[C@@]21C. The van der Waals surface area contributed by atoms with E-state index in [0.717, 1.165) is 48.9 Å². The van der Waals surface area contributed by atoms with Crippen LogP contribution in [0.15, 0.2) is 0 Å². The van der Waals surface area contributed by atoms with Crippen LogP contribution in [0.2, 0.25) is 0 Å². The lowest BCUT2D eigenvalue weighted by molar-refractivity contribution is -0.128. The van der Waals surface area contributed by atoms with Crippen molar-refractivity contribution in [1.82, 2.24) is 0 Å². The molecule has 0 radical (unpaired) electrons. The van der Waals surface area contributed by atoms with Gasteiger partial charge in [-0.2, -0.15) is 0 Å². The van der Waals surface area contributed by atoms with E-state index in [4.69, 9.17) is 0 Å². The molecule has 4 rings (SSSR count). The van der Waals surface area contributed by atoms with Crippen LogP contribution >= 0.6 is 0 Å². The normalized spacial score (nSPS) is 48.8. The number of aliphatic hydroxyl groups is 2. The summed E-state index contributed by atoms with van der Waals surface area (Å²) in [6.45, 7) is 13.5. The fourth-order valence-corrected chi connectivity index (χ4v) is 8.30. The van der Waals surface area contributed by atoms with Gasteiger partial charge >= 0.3 is 0 Å². The number of hydrogen-bond acceptors (Lipinski definition) is 2. The highest BCUT2D eigenvalue weighted by Crippen LogP contribution is 2.67. The number of aliphatic hydroxyl groups excluding tert-OH is 2. The van der Waals surface area contributed by atoms with E-state index in [9.17, 15) is 10.2 Å². The van der Waals surface area contributed by atoms with Crippen molar-refractivity contribution in [3.05, 3.63) is 0 Å². The molecule has 0 saturated heterocycles. The molecule has 0 aromatic carbocycles. The van der Waals surface area contributed by atoms with Crippen molar-refractivity contribution in [2.24, 2.45) is 46.3 Å². The molecule has 2 nitrogen and oxygen atoms in total. The lowest BCUT2D eigenvalue weighted by Gasteiger charge is -2.61. The van der Waals surface area contributed by atoms with Gasteiger partial charge in [0.2, 0.25) is 0 Å². The minimum absolute atomic E-state index is 0.0353. The summed E-state index contributed by atoms with van der Waals surface area (Å²) >= 11 is 0. The molecule has 0 bridgehead atoms. The molecule has 0 amide bonds.